The Hall–Kier alpha value is -1.33. The minimum atomic E-state index is -1.76. The second-order valence-corrected chi connectivity index (χ2v) is 8.93. The van der Waals surface area contributed by atoms with Crippen molar-refractivity contribution in [2.75, 3.05) is 6.61 Å². The number of carboxylic acid groups (broad SMARTS) is 1. The van der Waals surface area contributed by atoms with Crippen molar-refractivity contribution in [3.63, 3.8) is 0 Å². The van der Waals surface area contributed by atoms with Gasteiger partial charge in [-0.15, -0.1) is 0 Å². The van der Waals surface area contributed by atoms with Crippen LogP contribution in [0, 0.1) is 5.41 Å². The molecule has 0 amide bonds. The molecule has 1 aliphatic carbocycles. The van der Waals surface area contributed by atoms with Crippen molar-refractivity contribution < 1.29 is 44.9 Å². The molecule has 1 saturated carbocycles. The van der Waals surface area contributed by atoms with E-state index in [0.717, 1.165) is 6.08 Å². The van der Waals surface area contributed by atoms with Gasteiger partial charge in [-0.05, 0) is 51.7 Å². The number of carbonyl (C=O) groups is 1. The molecule has 0 aromatic rings. The molecule has 0 bridgehead atoms. The van der Waals surface area contributed by atoms with Crippen LogP contribution < -0.4 is 0 Å². The minimum Gasteiger partial charge on any atom is -0.478 e. The van der Waals surface area contributed by atoms with Crippen LogP contribution in [0.2, 0.25) is 0 Å². The molecule has 2 aliphatic rings. The molecule has 1 saturated heterocycles. The second kappa shape index (κ2) is 9.04. The third-order valence-corrected chi connectivity index (χ3v) is 6.58. The molecule has 2 fully saturated rings. The van der Waals surface area contributed by atoms with E-state index in [0.29, 0.717) is 24.8 Å². The maximum Gasteiger partial charge on any atom is 0.328 e. The molecule has 30 heavy (non-hydrogen) atoms. The molecular weight excluding hydrogens is 396 g/mol. The van der Waals surface area contributed by atoms with Crippen molar-refractivity contribution in [3.8, 4) is 0 Å². The fourth-order valence-electron chi connectivity index (χ4n) is 4.42. The van der Waals surface area contributed by atoms with E-state index in [1.807, 2.05) is 0 Å². The van der Waals surface area contributed by atoms with E-state index < -0.39 is 53.3 Å². The standard InChI is InChI=1S/C21H34O9/c1-12(10-14(23)24)6-9-21(28)19(3,11-22)7-5-8-20(21,4)30-18-17(27)16(26)15(25)13(2)29-18/h6,9-10,13,15-18,22,25-28H,5,7-8,11H2,1-4H3,(H,23,24)/b9-6+,12-10+/t13-,15-,16+,17-,18+,19+,20-,21-/m1/s1. The monoisotopic (exact) mass is 430 g/mol. The highest BCUT2D eigenvalue weighted by Crippen LogP contribution is 2.52. The van der Waals surface area contributed by atoms with E-state index >= 15 is 0 Å². The van der Waals surface area contributed by atoms with Crippen molar-refractivity contribution in [1.82, 2.24) is 0 Å². The molecule has 0 radical (unpaired) electrons. The van der Waals surface area contributed by atoms with Gasteiger partial charge in [0.1, 0.15) is 29.5 Å². The lowest BCUT2D eigenvalue weighted by Gasteiger charge is -2.57. The van der Waals surface area contributed by atoms with Crippen molar-refractivity contribution in [2.24, 2.45) is 5.41 Å². The van der Waals surface area contributed by atoms with Crippen LogP contribution in [0.25, 0.3) is 0 Å². The topological polar surface area (TPSA) is 157 Å². The van der Waals surface area contributed by atoms with Gasteiger partial charge < -0.3 is 40.1 Å². The first-order chi connectivity index (χ1) is 13.8. The zero-order valence-electron chi connectivity index (χ0n) is 17.9. The number of aliphatic carboxylic acids is 1. The molecule has 8 atom stereocenters. The summed E-state index contributed by atoms with van der Waals surface area (Å²) in [5.41, 5.74) is -3.75. The first-order valence-electron chi connectivity index (χ1n) is 10.1. The summed E-state index contributed by atoms with van der Waals surface area (Å²) in [7, 11) is 0. The fourth-order valence-corrected chi connectivity index (χ4v) is 4.42. The highest BCUT2D eigenvalue weighted by molar-refractivity contribution is 5.81. The van der Waals surface area contributed by atoms with Crippen molar-refractivity contribution >= 4 is 5.97 Å². The number of rotatable bonds is 6. The van der Waals surface area contributed by atoms with Crippen molar-refractivity contribution in [1.29, 1.82) is 0 Å². The summed E-state index contributed by atoms with van der Waals surface area (Å²) in [6.45, 7) is 6.06. The SMILES string of the molecule is CC(/C=C/[C@@]1(O)[C@](C)(CO)CCC[C@@]1(C)O[C@@H]1O[C@H](C)[C@@H](O)[C@H](O)[C@H]1O)=C\C(=O)O. The molecule has 2 rings (SSSR count). The minimum absolute atomic E-state index is 0.352. The maximum atomic E-state index is 11.8. The Bertz CT molecular complexity index is 692. The molecule has 0 aromatic carbocycles. The van der Waals surface area contributed by atoms with E-state index in [1.54, 1.807) is 20.8 Å². The van der Waals surface area contributed by atoms with E-state index in [9.17, 15) is 30.3 Å². The zero-order chi connectivity index (χ0) is 22.9. The number of aliphatic hydroxyl groups excluding tert-OH is 4. The lowest BCUT2D eigenvalue weighted by Crippen LogP contribution is -2.68. The molecule has 172 valence electrons. The van der Waals surface area contributed by atoms with Crippen LogP contribution in [0.4, 0.5) is 0 Å². The molecule has 0 spiro atoms. The Morgan fingerprint density at radius 3 is 2.37 bits per heavy atom. The third-order valence-electron chi connectivity index (χ3n) is 6.58. The van der Waals surface area contributed by atoms with Crippen LogP contribution in [0.1, 0.15) is 47.0 Å². The highest BCUT2D eigenvalue weighted by atomic mass is 16.7. The Morgan fingerprint density at radius 1 is 1.17 bits per heavy atom. The first-order valence-corrected chi connectivity index (χ1v) is 10.1. The van der Waals surface area contributed by atoms with Gasteiger partial charge in [-0.3, -0.25) is 0 Å². The number of allylic oxidation sites excluding steroid dienone is 2. The smallest absolute Gasteiger partial charge is 0.328 e. The first kappa shape index (κ1) is 24.9. The average Bonchev–Trinajstić information content (AvgIpc) is 2.66. The van der Waals surface area contributed by atoms with Crippen LogP contribution in [-0.4, -0.2) is 85.1 Å². The number of ether oxygens (including phenoxy) is 2. The van der Waals surface area contributed by atoms with Gasteiger partial charge in [0.05, 0.1) is 12.7 Å². The van der Waals surface area contributed by atoms with E-state index in [1.165, 1.54) is 19.1 Å². The van der Waals surface area contributed by atoms with Gasteiger partial charge in [0.2, 0.25) is 0 Å². The van der Waals surface area contributed by atoms with E-state index in [2.05, 4.69) is 0 Å². The molecular formula is C21H34O9. The molecule has 9 nitrogen and oxygen atoms in total. The summed E-state index contributed by atoms with van der Waals surface area (Å²) in [6, 6.07) is 0. The predicted molar refractivity (Wildman–Crippen MR) is 106 cm³/mol. The highest BCUT2D eigenvalue weighted by Gasteiger charge is 2.61. The van der Waals surface area contributed by atoms with E-state index in [4.69, 9.17) is 14.6 Å². The summed E-state index contributed by atoms with van der Waals surface area (Å²) in [4.78, 5) is 10.9. The number of carboxylic acids is 1. The summed E-state index contributed by atoms with van der Waals surface area (Å²) in [6.07, 6.45) is -1.14. The van der Waals surface area contributed by atoms with Crippen molar-refractivity contribution in [2.45, 2.75) is 88.9 Å². The van der Waals surface area contributed by atoms with Crippen molar-refractivity contribution in [3.05, 3.63) is 23.8 Å². The quantitative estimate of drug-likeness (QED) is 0.254. The van der Waals surface area contributed by atoms with Gasteiger partial charge in [0.25, 0.3) is 0 Å². The third kappa shape index (κ3) is 4.47. The summed E-state index contributed by atoms with van der Waals surface area (Å²) < 4.78 is 11.6. The Morgan fingerprint density at radius 2 is 1.80 bits per heavy atom. The van der Waals surface area contributed by atoms with Crippen LogP contribution in [-0.2, 0) is 14.3 Å². The van der Waals surface area contributed by atoms with Gasteiger partial charge in [0, 0.05) is 11.5 Å². The normalized spacial score (nSPS) is 45.6. The summed E-state index contributed by atoms with van der Waals surface area (Å²) >= 11 is 0. The number of aliphatic hydroxyl groups is 5. The molecule has 1 aliphatic heterocycles. The molecule has 0 aromatic heterocycles. The van der Waals surface area contributed by atoms with Crippen LogP contribution in [0.15, 0.2) is 23.8 Å². The Labute approximate surface area is 176 Å². The molecule has 0 unspecified atom stereocenters. The second-order valence-electron chi connectivity index (χ2n) is 8.93. The van der Waals surface area contributed by atoms with Gasteiger partial charge >= 0.3 is 5.97 Å². The Kier molecular flexibility index (Phi) is 7.51. The average molecular weight is 430 g/mol. The summed E-state index contributed by atoms with van der Waals surface area (Å²) in [5, 5.41) is 61.2. The largest absolute Gasteiger partial charge is 0.478 e. The molecule has 6 N–H and O–H groups in total. The number of hydrogen-bond donors (Lipinski definition) is 6. The summed E-state index contributed by atoms with van der Waals surface area (Å²) in [5.74, 6) is -1.13. The number of hydrogen-bond acceptors (Lipinski definition) is 8. The van der Waals surface area contributed by atoms with E-state index in [-0.39, 0.29) is 6.61 Å². The fraction of sp³-hybridized carbons (Fsp3) is 0.762. The zero-order valence-corrected chi connectivity index (χ0v) is 17.9. The predicted octanol–water partition coefficient (Wildman–Crippen LogP) is 0.0899. The van der Waals surface area contributed by atoms with Gasteiger partial charge in [-0.2, -0.15) is 0 Å². The van der Waals surface area contributed by atoms with Crippen LogP contribution >= 0.6 is 0 Å². The van der Waals surface area contributed by atoms with Crippen LogP contribution in [0.3, 0.4) is 0 Å². The van der Waals surface area contributed by atoms with Gasteiger partial charge in [-0.1, -0.05) is 13.0 Å². The Balaban J connectivity index is 2.43. The van der Waals surface area contributed by atoms with Crippen LogP contribution in [0.5, 0.6) is 0 Å². The van der Waals surface area contributed by atoms with Gasteiger partial charge in [-0.25, -0.2) is 4.79 Å². The molecule has 9 heteroatoms. The lowest BCUT2D eigenvalue weighted by atomic mass is 9.57. The van der Waals surface area contributed by atoms with Gasteiger partial charge in [0.15, 0.2) is 6.29 Å². The maximum absolute atomic E-state index is 11.8. The lowest BCUT2D eigenvalue weighted by molar-refractivity contribution is -0.350. The molecule has 1 heterocycles.